The summed E-state index contributed by atoms with van der Waals surface area (Å²) in [5.41, 5.74) is 10.7. The van der Waals surface area contributed by atoms with Crippen LogP contribution >= 0.6 is 0 Å². The summed E-state index contributed by atoms with van der Waals surface area (Å²) in [6.45, 7) is 0. The molecule has 49 heavy (non-hydrogen) atoms. The van der Waals surface area contributed by atoms with E-state index in [0.717, 1.165) is 88.1 Å². The predicted molar refractivity (Wildman–Crippen MR) is 197 cm³/mol. The topological polar surface area (TPSA) is 70.6 Å². The molecule has 3 heterocycles. The van der Waals surface area contributed by atoms with Crippen molar-refractivity contribution < 1.29 is 4.42 Å². The Balaban J connectivity index is 1.30. The molecule has 0 saturated carbocycles. The van der Waals surface area contributed by atoms with Crippen LogP contribution in [0.4, 0.5) is 0 Å². The van der Waals surface area contributed by atoms with Crippen LogP contribution in [0.5, 0.6) is 0 Å². The fraction of sp³-hybridized carbons (Fsp3) is 0. The van der Waals surface area contributed by atoms with Gasteiger partial charge in [-0.25, -0.2) is 0 Å². The maximum absolute atomic E-state index is 10.5. The summed E-state index contributed by atoms with van der Waals surface area (Å²) in [7, 11) is 0. The van der Waals surface area contributed by atoms with Crippen LogP contribution in [0.2, 0.25) is 0 Å². The first kappa shape index (κ1) is 27.1. The minimum atomic E-state index is 0.570. The van der Waals surface area contributed by atoms with Crippen LogP contribution in [-0.2, 0) is 0 Å². The van der Waals surface area contributed by atoms with Crippen LogP contribution in [0.1, 0.15) is 11.1 Å². The molecule has 0 bridgehead atoms. The first-order valence-corrected chi connectivity index (χ1v) is 16.1. The van der Waals surface area contributed by atoms with Crippen LogP contribution in [0.15, 0.2) is 150 Å². The minimum Gasteiger partial charge on any atom is -0.454 e. The molecule has 0 radical (unpaired) electrons. The highest BCUT2D eigenvalue weighted by atomic mass is 16.3. The third kappa shape index (κ3) is 3.79. The lowest BCUT2D eigenvalue weighted by Crippen LogP contribution is -2.01. The van der Waals surface area contributed by atoms with E-state index < -0.39 is 0 Å². The van der Waals surface area contributed by atoms with Gasteiger partial charge in [-0.1, -0.05) is 78.9 Å². The molecule has 0 amide bonds. The van der Waals surface area contributed by atoms with Gasteiger partial charge in [0.2, 0.25) is 0 Å². The van der Waals surface area contributed by atoms with Crippen LogP contribution in [-0.4, -0.2) is 9.13 Å². The first-order valence-electron chi connectivity index (χ1n) is 16.1. The highest BCUT2D eigenvalue weighted by molar-refractivity contribution is 6.22. The lowest BCUT2D eigenvalue weighted by atomic mass is 9.98. The molecule has 226 valence electrons. The molecule has 0 fully saturated rings. The molecule has 10 aromatic rings. The fourth-order valence-electron chi connectivity index (χ4n) is 7.68. The van der Waals surface area contributed by atoms with Crippen molar-refractivity contribution in [2.45, 2.75) is 0 Å². The van der Waals surface area contributed by atoms with E-state index >= 15 is 0 Å². The highest BCUT2D eigenvalue weighted by Crippen LogP contribution is 2.43. The van der Waals surface area contributed by atoms with Gasteiger partial charge in [-0.3, -0.25) is 0 Å². The molecule has 0 aliphatic rings. The Morgan fingerprint density at radius 1 is 0.490 bits per heavy atom. The maximum Gasteiger partial charge on any atom is 0.160 e. The van der Waals surface area contributed by atoms with E-state index in [4.69, 9.17) is 4.42 Å². The molecule has 7 aromatic carbocycles. The minimum absolute atomic E-state index is 0.570. The number of hydrogen-bond acceptors (Lipinski definition) is 3. The number of furan rings is 1. The maximum atomic E-state index is 10.5. The van der Waals surface area contributed by atoms with Gasteiger partial charge in [0.1, 0.15) is 11.7 Å². The van der Waals surface area contributed by atoms with Crippen molar-refractivity contribution in [3.05, 3.63) is 157 Å². The van der Waals surface area contributed by atoms with Crippen LogP contribution in [0, 0.1) is 22.7 Å². The molecule has 5 nitrogen and oxygen atoms in total. The van der Waals surface area contributed by atoms with E-state index in [0.29, 0.717) is 11.1 Å². The zero-order valence-electron chi connectivity index (χ0n) is 26.1. The SMILES string of the molecule is N#Cc1ccc2c(c1)c1ccccc1n2-c1c(C#N)cccc1-c1ccc2c(c1)c1ccc3c4ccccc4oc3c1n2-c1ccccc1. The van der Waals surface area contributed by atoms with Crippen molar-refractivity contribution in [2.24, 2.45) is 0 Å². The van der Waals surface area contributed by atoms with Gasteiger partial charge in [-0.05, 0) is 72.3 Å². The van der Waals surface area contributed by atoms with Gasteiger partial charge in [0, 0.05) is 43.6 Å². The number of benzene rings is 7. The summed E-state index contributed by atoms with van der Waals surface area (Å²) >= 11 is 0. The largest absolute Gasteiger partial charge is 0.454 e. The average molecular weight is 625 g/mol. The lowest BCUT2D eigenvalue weighted by Gasteiger charge is -2.16. The van der Waals surface area contributed by atoms with E-state index in [1.807, 2.05) is 66.7 Å². The number of fused-ring (bicyclic) bond motifs is 10. The van der Waals surface area contributed by atoms with Crippen molar-refractivity contribution in [1.29, 1.82) is 10.5 Å². The quantitative estimate of drug-likeness (QED) is 0.196. The molecular formula is C44H24N4O. The molecule has 0 aliphatic heterocycles. The molecular weight excluding hydrogens is 601 g/mol. The summed E-state index contributed by atoms with van der Waals surface area (Å²) < 4.78 is 11.1. The van der Waals surface area contributed by atoms with Gasteiger partial charge >= 0.3 is 0 Å². The van der Waals surface area contributed by atoms with Crippen LogP contribution < -0.4 is 0 Å². The second-order valence-electron chi connectivity index (χ2n) is 12.3. The molecule has 0 unspecified atom stereocenters. The zero-order valence-corrected chi connectivity index (χ0v) is 26.1. The van der Waals surface area contributed by atoms with E-state index in [1.54, 1.807) is 0 Å². The Labute approximate surface area is 280 Å². The Morgan fingerprint density at radius 3 is 2.06 bits per heavy atom. The van der Waals surface area contributed by atoms with E-state index in [-0.39, 0.29) is 0 Å². The van der Waals surface area contributed by atoms with E-state index in [9.17, 15) is 10.5 Å². The second-order valence-corrected chi connectivity index (χ2v) is 12.3. The molecule has 10 rings (SSSR count). The number of para-hydroxylation sites is 4. The van der Waals surface area contributed by atoms with Crippen LogP contribution in [0.25, 0.3) is 88.1 Å². The van der Waals surface area contributed by atoms with Gasteiger partial charge < -0.3 is 13.6 Å². The monoisotopic (exact) mass is 624 g/mol. The Bertz CT molecular complexity index is 3070. The second kappa shape index (κ2) is 10.2. The molecule has 0 N–H and O–H groups in total. The molecule has 0 aliphatic carbocycles. The zero-order chi connectivity index (χ0) is 32.6. The fourth-order valence-corrected chi connectivity index (χ4v) is 7.68. The molecule has 3 aromatic heterocycles. The summed E-state index contributed by atoms with van der Waals surface area (Å²) in [4.78, 5) is 0. The van der Waals surface area contributed by atoms with Crippen molar-refractivity contribution in [3.63, 3.8) is 0 Å². The standard InChI is InChI=1S/C44H24N4O/c45-25-27-17-21-40-36(23-27)32-12-4-6-15-38(32)48(40)42-29(26-46)9-8-14-31(42)28-18-22-39-37(24-28)34-19-20-35-33-13-5-7-16-41(33)49-44(35)43(34)47(39)30-10-2-1-3-11-30/h1-24H. The van der Waals surface area contributed by atoms with Gasteiger partial charge in [-0.15, -0.1) is 0 Å². The Kier molecular flexibility index (Phi) is 5.64. The van der Waals surface area contributed by atoms with E-state index in [2.05, 4.69) is 100 Å². The number of nitriles is 2. The third-order valence-electron chi connectivity index (χ3n) is 9.78. The summed E-state index contributed by atoms with van der Waals surface area (Å²) in [6.07, 6.45) is 0. The first-order chi connectivity index (χ1) is 24.2. The highest BCUT2D eigenvalue weighted by Gasteiger charge is 2.22. The molecule has 0 saturated heterocycles. The van der Waals surface area contributed by atoms with Crippen molar-refractivity contribution in [3.8, 4) is 34.6 Å². The summed E-state index contributed by atoms with van der Waals surface area (Å²) in [5.74, 6) is 0. The normalized spacial score (nSPS) is 11.6. The van der Waals surface area contributed by atoms with Gasteiger partial charge in [0.25, 0.3) is 0 Å². The Morgan fingerprint density at radius 2 is 1.20 bits per heavy atom. The van der Waals surface area contributed by atoms with Gasteiger partial charge in [-0.2, -0.15) is 10.5 Å². The lowest BCUT2D eigenvalue weighted by molar-refractivity contribution is 0.671. The number of nitrogens with zero attached hydrogens (tertiary/aromatic N) is 4. The predicted octanol–water partition coefficient (Wildman–Crippen LogP) is 11.2. The van der Waals surface area contributed by atoms with Crippen LogP contribution in [0.3, 0.4) is 0 Å². The molecule has 0 spiro atoms. The number of aromatic nitrogens is 2. The van der Waals surface area contributed by atoms with Crippen molar-refractivity contribution in [2.75, 3.05) is 0 Å². The van der Waals surface area contributed by atoms with Crippen molar-refractivity contribution in [1.82, 2.24) is 9.13 Å². The number of hydrogen-bond donors (Lipinski definition) is 0. The summed E-state index contributed by atoms with van der Waals surface area (Å²) in [6, 6.07) is 54.2. The van der Waals surface area contributed by atoms with Crippen molar-refractivity contribution >= 4 is 65.6 Å². The van der Waals surface area contributed by atoms with Gasteiger partial charge in [0.15, 0.2) is 5.58 Å². The molecule has 5 heteroatoms. The Hall–Kier alpha value is -7.08. The summed E-state index contributed by atoms with van der Waals surface area (Å²) in [5, 5.41) is 26.6. The van der Waals surface area contributed by atoms with E-state index in [1.165, 1.54) is 0 Å². The molecule has 0 atom stereocenters. The van der Waals surface area contributed by atoms with Gasteiger partial charge in [0.05, 0.1) is 45.0 Å². The average Bonchev–Trinajstić information content (AvgIpc) is 3.82. The smallest absolute Gasteiger partial charge is 0.160 e. The number of rotatable bonds is 3. The third-order valence-corrected chi connectivity index (χ3v) is 9.78.